The molecule has 0 aliphatic carbocycles. The van der Waals surface area contributed by atoms with E-state index in [1.807, 2.05) is 0 Å². The molecule has 0 radical (unpaired) electrons. The van der Waals surface area contributed by atoms with Crippen LogP contribution < -0.4 is 4.72 Å². The van der Waals surface area contributed by atoms with E-state index in [0.29, 0.717) is 30.4 Å². The molecule has 1 aliphatic rings. The van der Waals surface area contributed by atoms with E-state index < -0.39 is 10.0 Å². The summed E-state index contributed by atoms with van der Waals surface area (Å²) in [6.07, 6.45) is 1.45. The third-order valence-corrected chi connectivity index (χ3v) is 5.29. The summed E-state index contributed by atoms with van der Waals surface area (Å²) in [5.74, 6) is 0.871. The van der Waals surface area contributed by atoms with Crippen molar-refractivity contribution in [3.05, 3.63) is 54.2 Å². The number of nitrogens with one attached hydrogen (secondary N) is 1. The monoisotopic (exact) mass is 362 g/mol. The lowest BCUT2D eigenvalue weighted by atomic mass is 9.99. The molecule has 0 atom stereocenters. The maximum Gasteiger partial charge on any atom is 0.253 e. The van der Waals surface area contributed by atoms with E-state index >= 15 is 0 Å². The fourth-order valence-corrected chi connectivity index (χ4v) is 3.55. The number of likely N-dealkylation sites (tertiary alicyclic amines) is 1. The van der Waals surface area contributed by atoms with Gasteiger partial charge in [-0.15, -0.1) is 6.58 Å². The van der Waals surface area contributed by atoms with Gasteiger partial charge in [0.15, 0.2) is 5.82 Å². The largest absolute Gasteiger partial charge is 0.339 e. The zero-order chi connectivity index (χ0) is 18.0. The fraction of sp³-hybridized carbons (Fsp3) is 0.312. The van der Waals surface area contributed by atoms with Crippen molar-refractivity contribution in [2.45, 2.75) is 17.7 Å². The molecule has 0 bridgehead atoms. The van der Waals surface area contributed by atoms with E-state index in [9.17, 15) is 13.2 Å². The Hall–Kier alpha value is -2.52. The van der Waals surface area contributed by atoms with Crippen LogP contribution >= 0.6 is 0 Å². The van der Waals surface area contributed by atoms with E-state index in [2.05, 4.69) is 21.4 Å². The molecule has 1 aromatic carbocycles. The van der Waals surface area contributed by atoms with E-state index in [1.165, 1.54) is 18.2 Å². The summed E-state index contributed by atoms with van der Waals surface area (Å²) >= 11 is 0. The van der Waals surface area contributed by atoms with Gasteiger partial charge in [-0.1, -0.05) is 17.3 Å². The van der Waals surface area contributed by atoms with Crippen molar-refractivity contribution in [1.82, 2.24) is 19.8 Å². The zero-order valence-corrected chi connectivity index (χ0v) is 14.5. The second kappa shape index (κ2) is 6.77. The van der Waals surface area contributed by atoms with Crippen LogP contribution in [0, 0.1) is 6.92 Å². The second-order valence-electron chi connectivity index (χ2n) is 5.76. The summed E-state index contributed by atoms with van der Waals surface area (Å²) < 4.78 is 31.8. The van der Waals surface area contributed by atoms with Gasteiger partial charge in [0.25, 0.3) is 5.91 Å². The molecule has 0 spiro atoms. The first kappa shape index (κ1) is 17.3. The number of carbonyl (C=O) groups is 1. The highest BCUT2D eigenvalue weighted by Gasteiger charge is 2.36. The number of carbonyl (C=O) groups excluding carboxylic acids is 1. The Labute approximate surface area is 145 Å². The van der Waals surface area contributed by atoms with Crippen LogP contribution in [0.4, 0.5) is 0 Å². The van der Waals surface area contributed by atoms with Gasteiger partial charge in [0.05, 0.1) is 10.8 Å². The molecule has 1 fully saturated rings. The number of amides is 1. The predicted octanol–water partition coefficient (Wildman–Crippen LogP) is 1.08. The summed E-state index contributed by atoms with van der Waals surface area (Å²) in [6, 6.07) is 5.97. The summed E-state index contributed by atoms with van der Waals surface area (Å²) in [4.78, 5) is 18.4. The molecular weight excluding hydrogens is 344 g/mol. The lowest BCUT2D eigenvalue weighted by Gasteiger charge is -2.37. The standard InChI is InChI=1S/C16H18N4O4S/c1-3-7-17-25(22,23)14-6-4-5-12(8-14)16(21)20-9-13(10-20)15-18-11(2)19-24-15/h3-6,8,13,17H,1,7,9-10H2,2H3. The number of benzene rings is 1. The van der Waals surface area contributed by atoms with Crippen LogP contribution in [0.3, 0.4) is 0 Å². The first-order chi connectivity index (χ1) is 11.9. The number of nitrogens with zero attached hydrogens (tertiary/aromatic N) is 3. The number of hydrogen-bond acceptors (Lipinski definition) is 6. The van der Waals surface area contributed by atoms with E-state index in [1.54, 1.807) is 24.0 Å². The highest BCUT2D eigenvalue weighted by molar-refractivity contribution is 7.89. The van der Waals surface area contributed by atoms with Crippen molar-refractivity contribution in [2.24, 2.45) is 0 Å². The van der Waals surface area contributed by atoms with Crippen LogP contribution in [-0.2, 0) is 10.0 Å². The lowest BCUT2D eigenvalue weighted by Crippen LogP contribution is -2.48. The molecule has 1 saturated heterocycles. The van der Waals surface area contributed by atoms with Crippen LogP contribution in [0.5, 0.6) is 0 Å². The van der Waals surface area contributed by atoms with Gasteiger partial charge >= 0.3 is 0 Å². The Balaban J connectivity index is 1.69. The summed E-state index contributed by atoms with van der Waals surface area (Å²) in [7, 11) is -3.67. The molecule has 1 amide bonds. The molecule has 2 aromatic rings. The van der Waals surface area contributed by atoms with Gasteiger partial charge in [-0.25, -0.2) is 13.1 Å². The van der Waals surface area contributed by atoms with Gasteiger partial charge in [0.1, 0.15) is 0 Å². The highest BCUT2D eigenvalue weighted by Crippen LogP contribution is 2.27. The predicted molar refractivity (Wildman–Crippen MR) is 89.5 cm³/mol. The van der Waals surface area contributed by atoms with Crippen LogP contribution in [0.15, 0.2) is 46.3 Å². The van der Waals surface area contributed by atoms with Crippen LogP contribution in [0.1, 0.15) is 28.0 Å². The Morgan fingerprint density at radius 3 is 2.88 bits per heavy atom. The smallest absolute Gasteiger partial charge is 0.253 e. The van der Waals surface area contributed by atoms with Gasteiger partial charge in [0, 0.05) is 25.2 Å². The maximum absolute atomic E-state index is 12.5. The quantitative estimate of drug-likeness (QED) is 0.771. The average molecular weight is 362 g/mol. The van der Waals surface area contributed by atoms with Gasteiger partial charge in [-0.2, -0.15) is 4.98 Å². The molecule has 1 N–H and O–H groups in total. The molecule has 2 heterocycles. The van der Waals surface area contributed by atoms with E-state index in [4.69, 9.17) is 4.52 Å². The minimum absolute atomic E-state index is 0.0197. The number of hydrogen-bond donors (Lipinski definition) is 1. The molecule has 3 rings (SSSR count). The van der Waals surface area contributed by atoms with Crippen molar-refractivity contribution in [3.8, 4) is 0 Å². The second-order valence-corrected chi connectivity index (χ2v) is 7.52. The van der Waals surface area contributed by atoms with Crippen LogP contribution in [-0.4, -0.2) is 49.0 Å². The molecule has 0 unspecified atom stereocenters. The number of rotatable bonds is 6. The molecule has 1 aromatic heterocycles. The zero-order valence-electron chi connectivity index (χ0n) is 13.7. The normalized spacial score (nSPS) is 15.0. The molecule has 0 saturated carbocycles. The van der Waals surface area contributed by atoms with Crippen molar-refractivity contribution < 1.29 is 17.7 Å². The fourth-order valence-electron chi connectivity index (χ4n) is 2.51. The SMILES string of the molecule is C=CCNS(=O)(=O)c1cccc(C(=O)N2CC(c3nc(C)no3)C2)c1. The maximum atomic E-state index is 12.5. The number of aromatic nitrogens is 2. The molecule has 9 heteroatoms. The first-order valence-corrected chi connectivity index (χ1v) is 9.19. The highest BCUT2D eigenvalue weighted by atomic mass is 32.2. The molecule has 1 aliphatic heterocycles. The van der Waals surface area contributed by atoms with Gasteiger partial charge in [0.2, 0.25) is 15.9 Å². The van der Waals surface area contributed by atoms with Gasteiger partial charge < -0.3 is 9.42 Å². The molecular formula is C16H18N4O4S. The Morgan fingerprint density at radius 1 is 1.48 bits per heavy atom. The first-order valence-electron chi connectivity index (χ1n) is 7.71. The Bertz CT molecular complexity index is 900. The number of sulfonamides is 1. The summed E-state index contributed by atoms with van der Waals surface area (Å²) in [6.45, 7) is 6.26. The third-order valence-electron chi connectivity index (χ3n) is 3.87. The minimum Gasteiger partial charge on any atom is -0.339 e. The van der Waals surface area contributed by atoms with E-state index in [-0.39, 0.29) is 23.3 Å². The van der Waals surface area contributed by atoms with Crippen molar-refractivity contribution in [2.75, 3.05) is 19.6 Å². The Morgan fingerprint density at radius 2 is 2.24 bits per heavy atom. The summed E-state index contributed by atoms with van der Waals surface area (Å²) in [5.41, 5.74) is 0.321. The van der Waals surface area contributed by atoms with Crippen LogP contribution in [0.25, 0.3) is 0 Å². The van der Waals surface area contributed by atoms with Crippen molar-refractivity contribution in [3.63, 3.8) is 0 Å². The van der Waals surface area contributed by atoms with Gasteiger partial charge in [-0.05, 0) is 25.1 Å². The average Bonchev–Trinajstić information content (AvgIpc) is 2.97. The summed E-state index contributed by atoms with van der Waals surface area (Å²) in [5, 5.41) is 3.74. The molecule has 132 valence electrons. The van der Waals surface area contributed by atoms with Gasteiger partial charge in [-0.3, -0.25) is 4.79 Å². The van der Waals surface area contributed by atoms with Crippen molar-refractivity contribution >= 4 is 15.9 Å². The third kappa shape index (κ3) is 3.62. The molecule has 8 nitrogen and oxygen atoms in total. The van der Waals surface area contributed by atoms with Crippen LogP contribution in [0.2, 0.25) is 0 Å². The number of aryl methyl sites for hydroxylation is 1. The topological polar surface area (TPSA) is 105 Å². The minimum atomic E-state index is -3.67. The Kier molecular flexibility index (Phi) is 4.69. The lowest BCUT2D eigenvalue weighted by molar-refractivity contribution is 0.0569. The molecule has 25 heavy (non-hydrogen) atoms. The van der Waals surface area contributed by atoms with Crippen molar-refractivity contribution in [1.29, 1.82) is 0 Å². The van der Waals surface area contributed by atoms with E-state index in [0.717, 1.165) is 0 Å².